The van der Waals surface area contributed by atoms with Crippen LogP contribution in [-0.2, 0) is 21.2 Å². The monoisotopic (exact) mass is 424 g/mol. The molecule has 156 valence electrons. The number of benzene rings is 3. The van der Waals surface area contributed by atoms with Crippen molar-refractivity contribution in [2.45, 2.75) is 18.2 Å². The van der Waals surface area contributed by atoms with E-state index in [0.29, 0.717) is 24.4 Å². The molecule has 0 aromatic heterocycles. The third-order valence-corrected chi connectivity index (χ3v) is 5.86. The van der Waals surface area contributed by atoms with E-state index in [4.69, 9.17) is 4.74 Å². The van der Waals surface area contributed by atoms with Crippen LogP contribution in [0, 0.1) is 6.92 Å². The van der Waals surface area contributed by atoms with Gasteiger partial charge in [0.15, 0.2) is 6.61 Å². The molecule has 0 unspecified atom stereocenters. The molecule has 0 aliphatic carbocycles. The SMILES string of the molecule is Cc1ccc(OCC(=O)Nc2ccc(S(=O)(=O)NCCc3ccccc3)cc2)cc1. The summed E-state index contributed by atoms with van der Waals surface area (Å²) in [5.74, 6) is 0.283. The highest BCUT2D eigenvalue weighted by atomic mass is 32.2. The summed E-state index contributed by atoms with van der Waals surface area (Å²) in [6.45, 7) is 2.14. The number of anilines is 1. The lowest BCUT2D eigenvalue weighted by molar-refractivity contribution is -0.118. The van der Waals surface area contributed by atoms with Gasteiger partial charge in [-0.3, -0.25) is 4.79 Å². The number of carbonyl (C=O) groups is 1. The van der Waals surface area contributed by atoms with E-state index >= 15 is 0 Å². The highest BCUT2D eigenvalue weighted by Crippen LogP contribution is 2.15. The molecule has 7 heteroatoms. The largest absolute Gasteiger partial charge is 0.484 e. The lowest BCUT2D eigenvalue weighted by atomic mass is 10.2. The molecule has 3 aromatic carbocycles. The zero-order valence-corrected chi connectivity index (χ0v) is 17.5. The number of carbonyl (C=O) groups excluding carboxylic acids is 1. The van der Waals surface area contributed by atoms with Gasteiger partial charge in [0.05, 0.1) is 4.90 Å². The van der Waals surface area contributed by atoms with E-state index in [1.165, 1.54) is 12.1 Å². The molecule has 6 nitrogen and oxygen atoms in total. The molecule has 0 spiro atoms. The van der Waals surface area contributed by atoms with E-state index in [9.17, 15) is 13.2 Å². The molecule has 0 radical (unpaired) electrons. The van der Waals surface area contributed by atoms with Gasteiger partial charge in [0.2, 0.25) is 10.0 Å². The van der Waals surface area contributed by atoms with Crippen LogP contribution >= 0.6 is 0 Å². The zero-order chi connectivity index (χ0) is 21.4. The quantitative estimate of drug-likeness (QED) is 0.550. The molecular weight excluding hydrogens is 400 g/mol. The van der Waals surface area contributed by atoms with Crippen LogP contribution in [0.5, 0.6) is 5.75 Å². The predicted molar refractivity (Wildman–Crippen MR) is 117 cm³/mol. The van der Waals surface area contributed by atoms with E-state index in [1.807, 2.05) is 49.4 Å². The zero-order valence-electron chi connectivity index (χ0n) is 16.7. The fourth-order valence-electron chi connectivity index (χ4n) is 2.76. The fourth-order valence-corrected chi connectivity index (χ4v) is 3.79. The molecule has 30 heavy (non-hydrogen) atoms. The van der Waals surface area contributed by atoms with Gasteiger partial charge in [-0.25, -0.2) is 13.1 Å². The van der Waals surface area contributed by atoms with Crippen molar-refractivity contribution in [3.63, 3.8) is 0 Å². The summed E-state index contributed by atoms with van der Waals surface area (Å²) in [4.78, 5) is 12.2. The Kier molecular flexibility index (Phi) is 7.21. The molecule has 2 N–H and O–H groups in total. The second-order valence-electron chi connectivity index (χ2n) is 6.81. The van der Waals surface area contributed by atoms with Crippen molar-refractivity contribution in [1.29, 1.82) is 0 Å². The van der Waals surface area contributed by atoms with Crippen LogP contribution in [0.2, 0.25) is 0 Å². The number of rotatable bonds is 9. The third-order valence-electron chi connectivity index (χ3n) is 4.39. The van der Waals surface area contributed by atoms with E-state index in [1.54, 1.807) is 24.3 Å². The molecule has 0 atom stereocenters. The molecule has 0 saturated carbocycles. The Bertz CT molecular complexity index is 1060. The Morgan fingerprint density at radius 1 is 0.900 bits per heavy atom. The van der Waals surface area contributed by atoms with Crippen molar-refractivity contribution in [3.05, 3.63) is 90.0 Å². The van der Waals surface area contributed by atoms with Gasteiger partial charge < -0.3 is 10.1 Å². The molecular formula is C23H24N2O4S. The Morgan fingerprint density at radius 2 is 1.57 bits per heavy atom. The molecule has 0 aliphatic rings. The van der Waals surface area contributed by atoms with Gasteiger partial charge in [-0.2, -0.15) is 0 Å². The molecule has 1 amide bonds. The van der Waals surface area contributed by atoms with E-state index < -0.39 is 10.0 Å². The maximum atomic E-state index is 12.4. The molecule has 0 bridgehead atoms. The number of aryl methyl sites for hydroxylation is 1. The molecule has 3 aromatic rings. The minimum atomic E-state index is -3.61. The van der Waals surface area contributed by atoms with Crippen molar-refractivity contribution in [3.8, 4) is 5.75 Å². The summed E-state index contributed by atoms with van der Waals surface area (Å²) in [5, 5.41) is 2.69. The standard InChI is InChI=1S/C23H24N2O4S/c1-18-7-11-21(12-8-18)29-17-23(26)25-20-9-13-22(14-10-20)30(27,28)24-16-15-19-5-3-2-4-6-19/h2-14,24H,15-17H2,1H3,(H,25,26). The molecule has 0 heterocycles. The van der Waals surface area contributed by atoms with Crippen LogP contribution < -0.4 is 14.8 Å². The lowest BCUT2D eigenvalue weighted by Crippen LogP contribution is -2.26. The highest BCUT2D eigenvalue weighted by molar-refractivity contribution is 7.89. The average Bonchev–Trinajstić information content (AvgIpc) is 2.74. The Balaban J connectivity index is 1.49. The second kappa shape index (κ2) is 10.0. The Hall–Kier alpha value is -3.16. The molecule has 3 rings (SSSR count). The number of amides is 1. The van der Waals surface area contributed by atoms with E-state index in [0.717, 1.165) is 11.1 Å². The summed E-state index contributed by atoms with van der Waals surface area (Å²) in [6.07, 6.45) is 0.606. The summed E-state index contributed by atoms with van der Waals surface area (Å²) in [6, 6.07) is 23.1. The van der Waals surface area contributed by atoms with Gasteiger partial charge in [-0.15, -0.1) is 0 Å². The fraction of sp³-hybridized carbons (Fsp3) is 0.174. The summed E-state index contributed by atoms with van der Waals surface area (Å²) < 4.78 is 32.9. The van der Waals surface area contributed by atoms with E-state index in [2.05, 4.69) is 10.0 Å². The van der Waals surface area contributed by atoms with Crippen LogP contribution in [0.1, 0.15) is 11.1 Å². The summed E-state index contributed by atoms with van der Waals surface area (Å²) in [7, 11) is -3.61. The first-order chi connectivity index (χ1) is 14.4. The van der Waals surface area contributed by atoms with Crippen LogP contribution in [0.4, 0.5) is 5.69 Å². The van der Waals surface area contributed by atoms with Crippen molar-refractivity contribution in [2.75, 3.05) is 18.5 Å². The number of hydrogen-bond acceptors (Lipinski definition) is 4. The van der Waals surface area contributed by atoms with Crippen LogP contribution in [0.25, 0.3) is 0 Å². The summed E-state index contributed by atoms with van der Waals surface area (Å²) in [5.41, 5.74) is 2.67. The number of ether oxygens (including phenoxy) is 1. The first-order valence-corrected chi connectivity index (χ1v) is 11.0. The van der Waals surface area contributed by atoms with Crippen molar-refractivity contribution >= 4 is 21.6 Å². The van der Waals surface area contributed by atoms with Gasteiger partial charge in [0, 0.05) is 12.2 Å². The van der Waals surface area contributed by atoms with Crippen molar-refractivity contribution in [2.24, 2.45) is 0 Å². The van der Waals surface area contributed by atoms with E-state index in [-0.39, 0.29) is 17.4 Å². The summed E-state index contributed by atoms with van der Waals surface area (Å²) >= 11 is 0. The van der Waals surface area contributed by atoms with Gasteiger partial charge >= 0.3 is 0 Å². The van der Waals surface area contributed by atoms with Crippen LogP contribution in [0.15, 0.2) is 83.8 Å². The lowest BCUT2D eigenvalue weighted by Gasteiger charge is -2.10. The first-order valence-electron chi connectivity index (χ1n) is 9.55. The topological polar surface area (TPSA) is 84.5 Å². The van der Waals surface area contributed by atoms with Crippen molar-refractivity contribution < 1.29 is 17.9 Å². The first kappa shape index (κ1) is 21.5. The second-order valence-corrected chi connectivity index (χ2v) is 8.57. The molecule has 0 aliphatic heterocycles. The normalized spacial score (nSPS) is 11.1. The van der Waals surface area contributed by atoms with Gasteiger partial charge in [-0.1, -0.05) is 48.0 Å². The maximum Gasteiger partial charge on any atom is 0.262 e. The van der Waals surface area contributed by atoms with Gasteiger partial charge in [0.1, 0.15) is 5.75 Å². The molecule has 0 saturated heterocycles. The van der Waals surface area contributed by atoms with Gasteiger partial charge in [-0.05, 0) is 55.3 Å². The minimum absolute atomic E-state index is 0.135. The van der Waals surface area contributed by atoms with Crippen molar-refractivity contribution in [1.82, 2.24) is 4.72 Å². The number of sulfonamides is 1. The smallest absolute Gasteiger partial charge is 0.262 e. The minimum Gasteiger partial charge on any atom is -0.484 e. The van der Waals surface area contributed by atoms with Gasteiger partial charge in [0.25, 0.3) is 5.91 Å². The average molecular weight is 425 g/mol. The molecule has 0 fully saturated rings. The maximum absolute atomic E-state index is 12.4. The number of nitrogens with one attached hydrogen (secondary N) is 2. The van der Waals surface area contributed by atoms with Crippen LogP contribution in [0.3, 0.4) is 0 Å². The Labute approximate surface area is 177 Å². The van der Waals surface area contributed by atoms with Crippen LogP contribution in [-0.4, -0.2) is 27.5 Å². The highest BCUT2D eigenvalue weighted by Gasteiger charge is 2.13. The third kappa shape index (κ3) is 6.43. The predicted octanol–water partition coefficient (Wildman–Crippen LogP) is 3.53. The Morgan fingerprint density at radius 3 is 2.23 bits per heavy atom. The number of hydrogen-bond donors (Lipinski definition) is 2.